The molecule has 0 aromatic carbocycles. The Morgan fingerprint density at radius 3 is 1.53 bits per heavy atom. The number of carbonyl (C=O) groups excluding carboxylic acids is 1. The Bertz CT molecular complexity index is 636. The normalized spacial score (nSPS) is 24.5. The molecule has 2 saturated carbocycles. The minimum absolute atomic E-state index is 0.0248. The minimum atomic E-state index is -4.33. The van der Waals surface area contributed by atoms with Crippen LogP contribution in [0.25, 0.3) is 0 Å². The van der Waals surface area contributed by atoms with E-state index < -0.39 is 21.3 Å². The van der Waals surface area contributed by atoms with Crippen LogP contribution in [0.2, 0.25) is 0 Å². The van der Waals surface area contributed by atoms with E-state index in [1.165, 1.54) is 82.0 Å². The lowest BCUT2D eigenvalue weighted by Crippen LogP contribution is -2.50. The third-order valence-electron chi connectivity index (χ3n) is 8.51. The van der Waals surface area contributed by atoms with Gasteiger partial charge < -0.3 is 9.04 Å². The van der Waals surface area contributed by atoms with Gasteiger partial charge in [-0.1, -0.05) is 67.2 Å². The molecule has 6 heteroatoms. The zero-order valence-electron chi connectivity index (χ0n) is 21.9. The molecule has 0 aromatic heterocycles. The van der Waals surface area contributed by atoms with Gasteiger partial charge in [-0.05, 0) is 49.9 Å². The summed E-state index contributed by atoms with van der Waals surface area (Å²) in [5, 5.41) is 0. The first kappa shape index (κ1) is 29.6. The zero-order valence-corrected chi connectivity index (χ0v) is 22.7. The van der Waals surface area contributed by atoms with Gasteiger partial charge in [0.25, 0.3) is 0 Å². The van der Waals surface area contributed by atoms with Gasteiger partial charge in [0.2, 0.25) is 0 Å². The molecular weight excluding hydrogens is 422 g/mol. The largest absolute Gasteiger partial charge is 0.748 e. The molecule has 2 bridgehead atoms. The second-order valence-electron chi connectivity index (χ2n) is 11.0. The van der Waals surface area contributed by atoms with Gasteiger partial charge in [0.1, 0.15) is 5.78 Å². The number of hydrogen-bond donors (Lipinski definition) is 0. The molecular formula is C26H51NO4S. The zero-order chi connectivity index (χ0) is 24.5. The second-order valence-corrected chi connectivity index (χ2v) is 12.4. The fourth-order valence-electron chi connectivity index (χ4n) is 6.05. The van der Waals surface area contributed by atoms with Crippen molar-refractivity contribution in [3.63, 3.8) is 0 Å². The maximum absolute atomic E-state index is 11.8. The van der Waals surface area contributed by atoms with E-state index in [1.807, 2.05) is 13.8 Å². The topological polar surface area (TPSA) is 74.3 Å². The van der Waals surface area contributed by atoms with Gasteiger partial charge in [-0.2, -0.15) is 0 Å². The van der Waals surface area contributed by atoms with Crippen LogP contribution in [0.5, 0.6) is 0 Å². The second kappa shape index (κ2) is 12.9. The molecule has 5 nitrogen and oxygen atoms in total. The maximum Gasteiger partial charge on any atom is 0.140 e. The number of unbranched alkanes of at least 4 members (excludes halogenated alkanes) is 4. The first-order valence-electron chi connectivity index (χ1n) is 13.3. The van der Waals surface area contributed by atoms with Crippen molar-refractivity contribution in [3.05, 3.63) is 0 Å². The summed E-state index contributed by atoms with van der Waals surface area (Å²) in [6, 6.07) is 0. The van der Waals surface area contributed by atoms with E-state index in [0.717, 1.165) is 6.42 Å². The molecule has 0 saturated heterocycles. The number of quaternary nitrogens is 1. The van der Waals surface area contributed by atoms with E-state index in [0.29, 0.717) is 12.8 Å². The lowest BCUT2D eigenvalue weighted by Gasteiger charge is -2.39. The smallest absolute Gasteiger partial charge is 0.140 e. The van der Waals surface area contributed by atoms with Gasteiger partial charge in [0, 0.05) is 11.8 Å². The van der Waals surface area contributed by atoms with Gasteiger partial charge >= 0.3 is 0 Å². The average Bonchev–Trinajstić information content (AvgIpc) is 3.06. The quantitative estimate of drug-likeness (QED) is 0.231. The molecule has 2 aliphatic rings. The Labute approximate surface area is 199 Å². The van der Waals surface area contributed by atoms with Gasteiger partial charge in [-0.25, -0.2) is 8.42 Å². The molecule has 0 amide bonds. The van der Waals surface area contributed by atoms with E-state index in [-0.39, 0.29) is 17.1 Å². The van der Waals surface area contributed by atoms with Crippen molar-refractivity contribution in [2.75, 3.05) is 31.9 Å². The molecule has 0 aromatic rings. The fourth-order valence-corrected chi connectivity index (χ4v) is 7.34. The maximum atomic E-state index is 11.8. The molecule has 190 valence electrons. The number of hydrogen-bond acceptors (Lipinski definition) is 4. The van der Waals surface area contributed by atoms with Crippen LogP contribution in [0.15, 0.2) is 0 Å². The predicted octanol–water partition coefficient (Wildman–Crippen LogP) is 5.93. The summed E-state index contributed by atoms with van der Waals surface area (Å²) in [7, 11) is -4.33. The molecule has 2 fully saturated rings. The van der Waals surface area contributed by atoms with Crippen LogP contribution in [0.3, 0.4) is 0 Å². The molecule has 0 radical (unpaired) electrons. The predicted molar refractivity (Wildman–Crippen MR) is 132 cm³/mol. The number of fused-ring (bicyclic) bond motifs is 2. The van der Waals surface area contributed by atoms with E-state index in [4.69, 9.17) is 0 Å². The Morgan fingerprint density at radius 1 is 0.875 bits per heavy atom. The van der Waals surface area contributed by atoms with Crippen molar-refractivity contribution in [1.29, 1.82) is 0 Å². The first-order chi connectivity index (χ1) is 14.9. The Kier molecular flexibility index (Phi) is 11.9. The highest BCUT2D eigenvalue weighted by Gasteiger charge is 2.64. The minimum Gasteiger partial charge on any atom is -0.748 e. The van der Waals surface area contributed by atoms with E-state index in [9.17, 15) is 17.8 Å². The Hall–Kier alpha value is -0.460. The summed E-state index contributed by atoms with van der Waals surface area (Å²) in [6.45, 7) is 18.9. The fraction of sp³-hybridized carbons (Fsp3) is 0.962. The summed E-state index contributed by atoms with van der Waals surface area (Å²) in [6.07, 6.45) is 12.9. The summed E-state index contributed by atoms with van der Waals surface area (Å²) in [5.74, 6) is -0.280. The molecule has 2 rings (SSSR count). The van der Waals surface area contributed by atoms with Crippen LogP contribution < -0.4 is 0 Å². The van der Waals surface area contributed by atoms with E-state index in [1.54, 1.807) is 0 Å². The van der Waals surface area contributed by atoms with Crippen LogP contribution in [0.1, 0.15) is 112 Å². The third-order valence-corrected chi connectivity index (χ3v) is 9.35. The molecule has 2 atom stereocenters. The number of nitrogens with zero attached hydrogens (tertiary/aromatic N) is 1. The van der Waals surface area contributed by atoms with Crippen LogP contribution in [-0.2, 0) is 14.9 Å². The summed E-state index contributed by atoms with van der Waals surface area (Å²) in [5.41, 5.74) is -1.22. The van der Waals surface area contributed by atoms with E-state index >= 15 is 0 Å². The Balaban J connectivity index is 0.000000321. The van der Waals surface area contributed by atoms with Crippen molar-refractivity contribution in [2.45, 2.75) is 112 Å². The molecule has 0 aliphatic heterocycles. The van der Waals surface area contributed by atoms with E-state index in [2.05, 4.69) is 27.7 Å². The number of ketones is 1. The van der Waals surface area contributed by atoms with Gasteiger partial charge in [0.15, 0.2) is 0 Å². The number of carbonyl (C=O) groups is 1. The van der Waals surface area contributed by atoms with Crippen LogP contribution in [-0.4, -0.2) is 55.2 Å². The monoisotopic (exact) mass is 473 g/mol. The lowest BCUT2D eigenvalue weighted by atomic mass is 9.70. The van der Waals surface area contributed by atoms with Crippen molar-refractivity contribution < 1.29 is 22.2 Å². The van der Waals surface area contributed by atoms with Crippen LogP contribution in [0, 0.1) is 16.7 Å². The van der Waals surface area contributed by atoms with Crippen LogP contribution >= 0.6 is 0 Å². The third kappa shape index (κ3) is 7.53. The molecule has 0 spiro atoms. The Morgan fingerprint density at radius 2 is 1.28 bits per heavy atom. The van der Waals surface area contributed by atoms with Crippen molar-refractivity contribution >= 4 is 15.9 Å². The highest BCUT2D eigenvalue weighted by molar-refractivity contribution is 7.85. The molecule has 0 heterocycles. The van der Waals surface area contributed by atoms with Gasteiger partial charge in [0.05, 0.1) is 42.1 Å². The molecule has 2 unspecified atom stereocenters. The number of rotatable bonds is 14. The summed E-state index contributed by atoms with van der Waals surface area (Å²) in [4.78, 5) is 11.8. The van der Waals surface area contributed by atoms with Crippen molar-refractivity contribution in [3.8, 4) is 0 Å². The molecule has 2 aliphatic carbocycles. The summed E-state index contributed by atoms with van der Waals surface area (Å²) >= 11 is 0. The highest BCUT2D eigenvalue weighted by Crippen LogP contribution is 2.64. The first-order valence-corrected chi connectivity index (χ1v) is 14.8. The van der Waals surface area contributed by atoms with Crippen molar-refractivity contribution in [2.24, 2.45) is 16.7 Å². The SMILES string of the molecule is CC1(C)C2CCC1(CS(=O)(=O)[O-])C(=O)C2.CCCC[N+](CCCC)(CCCC)CCCC. The number of Topliss-reactive ketones (excluding diaryl/α,β-unsaturated/α-hetero) is 1. The van der Waals surface area contributed by atoms with Gasteiger partial charge in [-0.3, -0.25) is 4.79 Å². The van der Waals surface area contributed by atoms with Gasteiger partial charge in [-0.15, -0.1) is 0 Å². The summed E-state index contributed by atoms with van der Waals surface area (Å²) < 4.78 is 34.1. The van der Waals surface area contributed by atoms with Crippen molar-refractivity contribution in [1.82, 2.24) is 0 Å². The van der Waals surface area contributed by atoms with Crippen LogP contribution in [0.4, 0.5) is 0 Å². The molecule has 32 heavy (non-hydrogen) atoms. The average molecular weight is 474 g/mol. The molecule has 0 N–H and O–H groups in total. The standard InChI is InChI=1S/C16H36N.C10H16O4S/c1-5-9-13-17(14-10-6-2,15-11-7-3)16-12-8-4;1-9(2)7-3-4-10(9,8(11)5-7)6-15(12,13)14/h5-16H2,1-4H3;7H,3-6H2,1-2H3,(H,12,13,14)/q+1;/p-1. The highest BCUT2D eigenvalue weighted by atomic mass is 32.2. The lowest BCUT2D eigenvalue weighted by molar-refractivity contribution is -0.929.